The second kappa shape index (κ2) is 7.65. The highest BCUT2D eigenvalue weighted by Crippen LogP contribution is 2.13. The first-order valence-corrected chi connectivity index (χ1v) is 6.82. The minimum absolute atomic E-state index is 0.113. The normalized spacial score (nSPS) is 12.2. The lowest BCUT2D eigenvalue weighted by Crippen LogP contribution is -2.36. The quantitative estimate of drug-likeness (QED) is 0.703. The van der Waals surface area contributed by atoms with Gasteiger partial charge in [-0.2, -0.15) is 0 Å². The first kappa shape index (κ1) is 16.2. The molecule has 0 saturated carbocycles. The van der Waals surface area contributed by atoms with Crippen LogP contribution in [0.15, 0.2) is 24.3 Å². The molecular formula is C15H23N3O2. The Kier molecular flexibility index (Phi) is 6.18. The number of carbonyl (C=O) groups excluding carboxylic acids is 2. The average molecular weight is 277 g/mol. The van der Waals surface area contributed by atoms with Crippen molar-refractivity contribution in [3.05, 3.63) is 29.8 Å². The van der Waals surface area contributed by atoms with Gasteiger partial charge in [0.2, 0.25) is 11.8 Å². The summed E-state index contributed by atoms with van der Waals surface area (Å²) in [6.45, 7) is 4.32. The predicted octanol–water partition coefficient (Wildman–Crippen LogP) is 1.42. The molecule has 0 aliphatic rings. The third-order valence-corrected chi connectivity index (χ3v) is 2.90. The van der Waals surface area contributed by atoms with E-state index in [4.69, 9.17) is 11.5 Å². The molecule has 0 unspecified atom stereocenters. The van der Waals surface area contributed by atoms with Crippen molar-refractivity contribution in [3.63, 3.8) is 0 Å². The van der Waals surface area contributed by atoms with Crippen molar-refractivity contribution in [1.29, 1.82) is 0 Å². The smallest absolute Gasteiger partial charge is 0.241 e. The van der Waals surface area contributed by atoms with Gasteiger partial charge in [0.1, 0.15) is 0 Å². The zero-order chi connectivity index (χ0) is 15.1. The molecule has 0 fully saturated rings. The number of carbonyl (C=O) groups is 2. The van der Waals surface area contributed by atoms with Crippen LogP contribution in [0.2, 0.25) is 0 Å². The third kappa shape index (κ3) is 5.84. The van der Waals surface area contributed by atoms with Crippen LogP contribution in [0.3, 0.4) is 0 Å². The SMILES string of the molecule is CC(C)Cc1ccc(NC(=O)[C@@H](N)CCC(N)=O)cc1. The van der Waals surface area contributed by atoms with Crippen LogP contribution in [0.5, 0.6) is 0 Å². The molecule has 0 aliphatic heterocycles. The van der Waals surface area contributed by atoms with Crippen molar-refractivity contribution in [1.82, 2.24) is 0 Å². The van der Waals surface area contributed by atoms with Crippen molar-refractivity contribution in [2.24, 2.45) is 17.4 Å². The van der Waals surface area contributed by atoms with Crippen LogP contribution in [0, 0.1) is 5.92 Å². The summed E-state index contributed by atoms with van der Waals surface area (Å²) in [5.74, 6) is -0.160. The Hall–Kier alpha value is -1.88. The lowest BCUT2D eigenvalue weighted by molar-refractivity contribution is -0.119. The molecule has 20 heavy (non-hydrogen) atoms. The Morgan fingerprint density at radius 3 is 2.30 bits per heavy atom. The van der Waals surface area contributed by atoms with Gasteiger partial charge in [0.05, 0.1) is 6.04 Å². The molecule has 2 amide bonds. The molecule has 0 saturated heterocycles. The fraction of sp³-hybridized carbons (Fsp3) is 0.467. The minimum atomic E-state index is -0.724. The van der Waals surface area contributed by atoms with Crippen LogP contribution in [0.25, 0.3) is 0 Å². The van der Waals surface area contributed by atoms with Gasteiger partial charge in [0.15, 0.2) is 0 Å². The maximum Gasteiger partial charge on any atom is 0.241 e. The van der Waals surface area contributed by atoms with Gasteiger partial charge in [-0.25, -0.2) is 0 Å². The molecule has 0 bridgehead atoms. The monoisotopic (exact) mass is 277 g/mol. The zero-order valence-electron chi connectivity index (χ0n) is 12.1. The lowest BCUT2D eigenvalue weighted by atomic mass is 10.0. The summed E-state index contributed by atoms with van der Waals surface area (Å²) in [6.07, 6.45) is 1.38. The summed E-state index contributed by atoms with van der Waals surface area (Å²) < 4.78 is 0. The van der Waals surface area contributed by atoms with Crippen LogP contribution < -0.4 is 16.8 Å². The molecular weight excluding hydrogens is 254 g/mol. The van der Waals surface area contributed by atoms with E-state index in [9.17, 15) is 9.59 Å². The topological polar surface area (TPSA) is 98.2 Å². The van der Waals surface area contributed by atoms with Gasteiger partial charge in [-0.1, -0.05) is 26.0 Å². The predicted molar refractivity (Wildman–Crippen MR) is 80.0 cm³/mol. The molecule has 0 heterocycles. The van der Waals surface area contributed by atoms with Crippen LogP contribution in [0.4, 0.5) is 5.69 Å². The lowest BCUT2D eigenvalue weighted by Gasteiger charge is -2.12. The maximum absolute atomic E-state index is 11.8. The van der Waals surface area contributed by atoms with E-state index in [1.54, 1.807) is 0 Å². The van der Waals surface area contributed by atoms with Crippen molar-refractivity contribution < 1.29 is 9.59 Å². The van der Waals surface area contributed by atoms with Gasteiger partial charge in [-0.05, 0) is 36.5 Å². The third-order valence-electron chi connectivity index (χ3n) is 2.90. The summed E-state index contributed by atoms with van der Waals surface area (Å²) in [4.78, 5) is 22.4. The number of amides is 2. The number of primary amides is 1. The van der Waals surface area contributed by atoms with E-state index in [-0.39, 0.29) is 18.7 Å². The van der Waals surface area contributed by atoms with E-state index in [1.807, 2.05) is 24.3 Å². The minimum Gasteiger partial charge on any atom is -0.370 e. The number of hydrogen-bond acceptors (Lipinski definition) is 3. The Labute approximate surface area is 119 Å². The number of rotatable bonds is 7. The summed E-state index contributed by atoms with van der Waals surface area (Å²) in [5.41, 5.74) is 12.7. The van der Waals surface area contributed by atoms with Crippen molar-refractivity contribution in [2.45, 2.75) is 39.2 Å². The van der Waals surface area contributed by atoms with E-state index >= 15 is 0 Å². The highest BCUT2D eigenvalue weighted by molar-refractivity contribution is 5.94. The van der Waals surface area contributed by atoms with Gasteiger partial charge < -0.3 is 16.8 Å². The van der Waals surface area contributed by atoms with Crippen molar-refractivity contribution in [2.75, 3.05) is 5.32 Å². The van der Waals surface area contributed by atoms with E-state index in [0.717, 1.165) is 6.42 Å². The van der Waals surface area contributed by atoms with Crippen LogP contribution in [0.1, 0.15) is 32.3 Å². The molecule has 1 atom stereocenters. The standard InChI is InChI=1S/C15H23N3O2/c1-10(2)9-11-3-5-12(6-4-11)18-15(20)13(16)7-8-14(17)19/h3-6,10,13H,7-9,16H2,1-2H3,(H2,17,19)(H,18,20)/t13-/m0/s1. The van der Waals surface area contributed by atoms with E-state index in [1.165, 1.54) is 5.56 Å². The van der Waals surface area contributed by atoms with Gasteiger partial charge >= 0.3 is 0 Å². The zero-order valence-corrected chi connectivity index (χ0v) is 12.1. The van der Waals surface area contributed by atoms with Gasteiger partial charge in [0, 0.05) is 12.1 Å². The largest absolute Gasteiger partial charge is 0.370 e. The Bertz CT molecular complexity index is 455. The first-order valence-electron chi connectivity index (χ1n) is 6.82. The first-order chi connectivity index (χ1) is 9.38. The molecule has 110 valence electrons. The van der Waals surface area contributed by atoms with Crippen LogP contribution in [-0.2, 0) is 16.0 Å². The summed E-state index contributed by atoms with van der Waals surface area (Å²) in [5, 5.41) is 2.73. The summed E-state index contributed by atoms with van der Waals surface area (Å²) in [7, 11) is 0. The van der Waals surface area contributed by atoms with Crippen LogP contribution >= 0.6 is 0 Å². The highest BCUT2D eigenvalue weighted by atomic mass is 16.2. The molecule has 5 N–H and O–H groups in total. The van der Waals surface area contributed by atoms with Crippen molar-refractivity contribution >= 4 is 17.5 Å². The highest BCUT2D eigenvalue weighted by Gasteiger charge is 2.14. The maximum atomic E-state index is 11.8. The Morgan fingerprint density at radius 2 is 1.80 bits per heavy atom. The second-order valence-corrected chi connectivity index (χ2v) is 5.40. The fourth-order valence-corrected chi connectivity index (χ4v) is 1.86. The summed E-state index contributed by atoms with van der Waals surface area (Å²) in [6, 6.07) is 6.97. The van der Waals surface area contributed by atoms with E-state index in [0.29, 0.717) is 11.6 Å². The van der Waals surface area contributed by atoms with Gasteiger partial charge in [-0.15, -0.1) is 0 Å². The average Bonchev–Trinajstić information content (AvgIpc) is 2.37. The molecule has 0 spiro atoms. The second-order valence-electron chi connectivity index (χ2n) is 5.40. The van der Waals surface area contributed by atoms with Gasteiger partial charge in [0.25, 0.3) is 0 Å². The number of nitrogens with one attached hydrogen (secondary N) is 1. The number of benzene rings is 1. The number of nitrogens with two attached hydrogens (primary N) is 2. The molecule has 0 aliphatic carbocycles. The molecule has 5 nitrogen and oxygen atoms in total. The number of anilines is 1. The Morgan fingerprint density at radius 1 is 1.20 bits per heavy atom. The van der Waals surface area contributed by atoms with Crippen LogP contribution in [-0.4, -0.2) is 17.9 Å². The van der Waals surface area contributed by atoms with E-state index in [2.05, 4.69) is 19.2 Å². The molecule has 1 aromatic carbocycles. The molecule has 5 heteroatoms. The molecule has 1 rings (SSSR count). The summed E-state index contributed by atoms with van der Waals surface area (Å²) >= 11 is 0. The molecule has 0 aromatic heterocycles. The van der Waals surface area contributed by atoms with E-state index < -0.39 is 11.9 Å². The fourth-order valence-electron chi connectivity index (χ4n) is 1.86. The molecule has 1 aromatic rings. The van der Waals surface area contributed by atoms with Gasteiger partial charge in [-0.3, -0.25) is 9.59 Å². The Balaban J connectivity index is 2.51. The van der Waals surface area contributed by atoms with Crippen molar-refractivity contribution in [3.8, 4) is 0 Å². The molecule has 0 radical (unpaired) electrons. The number of hydrogen-bond donors (Lipinski definition) is 3.